The van der Waals surface area contributed by atoms with Gasteiger partial charge in [-0.25, -0.2) is 9.97 Å². The van der Waals surface area contributed by atoms with E-state index in [4.69, 9.17) is 13.9 Å². The van der Waals surface area contributed by atoms with Gasteiger partial charge < -0.3 is 19.2 Å². The first kappa shape index (κ1) is 15.0. The van der Waals surface area contributed by atoms with Crippen LogP contribution >= 0.6 is 0 Å². The van der Waals surface area contributed by atoms with E-state index < -0.39 is 0 Å². The highest BCUT2D eigenvalue weighted by atomic mass is 16.5. The molecule has 3 rings (SSSR count). The summed E-state index contributed by atoms with van der Waals surface area (Å²) < 4.78 is 16.2. The Labute approximate surface area is 129 Å². The Balaban J connectivity index is 1.76. The summed E-state index contributed by atoms with van der Waals surface area (Å²) in [7, 11) is 1.65. The van der Waals surface area contributed by atoms with Crippen LogP contribution in [-0.4, -0.2) is 30.3 Å². The summed E-state index contributed by atoms with van der Waals surface area (Å²) in [6.07, 6.45) is 1.00. The summed E-state index contributed by atoms with van der Waals surface area (Å²) in [5, 5.41) is 3.30. The Bertz CT molecular complexity index is 621. The maximum absolute atomic E-state index is 5.56. The number of anilines is 1. The molecule has 0 aromatic carbocycles. The van der Waals surface area contributed by atoms with Crippen molar-refractivity contribution in [3.63, 3.8) is 0 Å². The zero-order valence-electron chi connectivity index (χ0n) is 13.0. The SMILES string of the molecule is COCc1nc(NCc2ccc(C)o2)cc([C@@H]2CCOC2)n1. The fourth-order valence-electron chi connectivity index (χ4n) is 2.54. The van der Waals surface area contributed by atoms with Crippen LogP contribution in [-0.2, 0) is 22.6 Å². The van der Waals surface area contributed by atoms with E-state index in [9.17, 15) is 0 Å². The average molecular weight is 303 g/mol. The van der Waals surface area contributed by atoms with Crippen LogP contribution in [0.25, 0.3) is 0 Å². The molecule has 1 atom stereocenters. The summed E-state index contributed by atoms with van der Waals surface area (Å²) in [5.74, 6) is 3.60. The highest BCUT2D eigenvalue weighted by molar-refractivity contribution is 5.37. The van der Waals surface area contributed by atoms with Gasteiger partial charge in [-0.05, 0) is 25.5 Å². The molecule has 1 aliphatic rings. The highest BCUT2D eigenvalue weighted by Crippen LogP contribution is 2.25. The number of nitrogens with zero attached hydrogens (tertiary/aromatic N) is 2. The highest BCUT2D eigenvalue weighted by Gasteiger charge is 2.20. The van der Waals surface area contributed by atoms with E-state index in [2.05, 4.69) is 15.3 Å². The smallest absolute Gasteiger partial charge is 0.156 e. The van der Waals surface area contributed by atoms with Gasteiger partial charge in [-0.2, -0.15) is 0 Å². The van der Waals surface area contributed by atoms with Crippen LogP contribution < -0.4 is 5.32 Å². The second kappa shape index (κ2) is 6.89. The number of hydrogen-bond acceptors (Lipinski definition) is 6. The molecular weight excluding hydrogens is 282 g/mol. The second-order valence-electron chi connectivity index (χ2n) is 5.45. The third-order valence-electron chi connectivity index (χ3n) is 3.65. The molecule has 1 aliphatic heterocycles. The lowest BCUT2D eigenvalue weighted by atomic mass is 10.0. The molecule has 1 saturated heterocycles. The minimum atomic E-state index is 0.338. The molecule has 6 nitrogen and oxygen atoms in total. The quantitative estimate of drug-likeness (QED) is 0.884. The van der Waals surface area contributed by atoms with Gasteiger partial charge in [0, 0.05) is 25.7 Å². The Kier molecular flexibility index (Phi) is 4.70. The van der Waals surface area contributed by atoms with Gasteiger partial charge in [0.15, 0.2) is 5.82 Å². The summed E-state index contributed by atoms with van der Waals surface area (Å²) >= 11 is 0. The van der Waals surface area contributed by atoms with Crippen LogP contribution in [0.5, 0.6) is 0 Å². The monoisotopic (exact) mass is 303 g/mol. The van der Waals surface area contributed by atoms with Gasteiger partial charge in [-0.3, -0.25) is 0 Å². The predicted molar refractivity (Wildman–Crippen MR) is 81.7 cm³/mol. The van der Waals surface area contributed by atoms with Gasteiger partial charge in [0.2, 0.25) is 0 Å². The Hall–Kier alpha value is -1.92. The Morgan fingerprint density at radius 1 is 1.36 bits per heavy atom. The lowest BCUT2D eigenvalue weighted by molar-refractivity contribution is 0.177. The lowest BCUT2D eigenvalue weighted by Gasteiger charge is -2.12. The van der Waals surface area contributed by atoms with E-state index in [1.807, 2.05) is 25.1 Å². The molecule has 0 amide bonds. The molecule has 6 heteroatoms. The fraction of sp³-hybridized carbons (Fsp3) is 0.500. The van der Waals surface area contributed by atoms with E-state index in [1.165, 1.54) is 0 Å². The molecule has 22 heavy (non-hydrogen) atoms. The summed E-state index contributed by atoms with van der Waals surface area (Å²) in [6.45, 7) is 4.44. The largest absolute Gasteiger partial charge is 0.465 e. The summed E-state index contributed by atoms with van der Waals surface area (Å²) in [6, 6.07) is 5.91. The number of hydrogen-bond donors (Lipinski definition) is 1. The number of methoxy groups -OCH3 is 1. The van der Waals surface area contributed by atoms with E-state index in [1.54, 1.807) is 7.11 Å². The van der Waals surface area contributed by atoms with E-state index in [0.717, 1.165) is 42.7 Å². The lowest BCUT2D eigenvalue weighted by Crippen LogP contribution is -2.10. The van der Waals surface area contributed by atoms with E-state index in [-0.39, 0.29) is 0 Å². The molecule has 3 heterocycles. The van der Waals surface area contributed by atoms with Gasteiger partial charge in [-0.15, -0.1) is 0 Å². The molecule has 118 valence electrons. The molecule has 0 aliphatic carbocycles. The molecule has 1 N–H and O–H groups in total. The minimum absolute atomic E-state index is 0.338. The van der Waals surface area contributed by atoms with Gasteiger partial charge in [0.05, 0.1) is 18.8 Å². The van der Waals surface area contributed by atoms with E-state index >= 15 is 0 Å². The molecule has 0 bridgehead atoms. The zero-order chi connectivity index (χ0) is 15.4. The van der Waals surface area contributed by atoms with Crippen molar-refractivity contribution in [3.8, 4) is 0 Å². The second-order valence-corrected chi connectivity index (χ2v) is 5.45. The van der Waals surface area contributed by atoms with Crippen molar-refractivity contribution >= 4 is 5.82 Å². The fourth-order valence-corrected chi connectivity index (χ4v) is 2.54. The van der Waals surface area contributed by atoms with Gasteiger partial charge >= 0.3 is 0 Å². The summed E-state index contributed by atoms with van der Waals surface area (Å²) in [5.41, 5.74) is 1.01. The number of furan rings is 1. The third kappa shape index (κ3) is 3.64. The minimum Gasteiger partial charge on any atom is -0.465 e. The average Bonchev–Trinajstić information content (AvgIpc) is 3.17. The molecule has 0 saturated carbocycles. The molecule has 2 aromatic rings. The first-order valence-corrected chi connectivity index (χ1v) is 7.48. The maximum Gasteiger partial charge on any atom is 0.156 e. The molecule has 1 fully saturated rings. The summed E-state index contributed by atoms with van der Waals surface area (Å²) in [4.78, 5) is 9.07. The molecule has 0 unspecified atom stereocenters. The van der Waals surface area contributed by atoms with Crippen molar-refractivity contribution in [2.75, 3.05) is 25.6 Å². The van der Waals surface area contributed by atoms with Crippen LogP contribution in [0.3, 0.4) is 0 Å². The van der Waals surface area contributed by atoms with Crippen LogP contribution in [0, 0.1) is 6.92 Å². The number of aryl methyl sites for hydroxylation is 1. The Morgan fingerprint density at radius 3 is 2.95 bits per heavy atom. The van der Waals surface area contributed by atoms with Crippen molar-refractivity contribution in [1.29, 1.82) is 0 Å². The predicted octanol–water partition coefficient (Wildman–Crippen LogP) is 2.64. The maximum atomic E-state index is 5.56. The standard InChI is InChI=1S/C16H21N3O3/c1-11-3-4-13(22-11)8-17-15-7-14(12-5-6-21-9-12)18-16(19-15)10-20-2/h3-4,7,12H,5-6,8-10H2,1-2H3,(H,17,18,19)/t12-/m1/s1. The third-order valence-corrected chi connectivity index (χ3v) is 3.65. The van der Waals surface area contributed by atoms with Crippen LogP contribution in [0.15, 0.2) is 22.6 Å². The molecule has 0 radical (unpaired) electrons. The van der Waals surface area contributed by atoms with Crippen LogP contribution in [0.4, 0.5) is 5.82 Å². The Morgan fingerprint density at radius 2 is 2.27 bits per heavy atom. The first-order chi connectivity index (χ1) is 10.7. The first-order valence-electron chi connectivity index (χ1n) is 7.48. The van der Waals surface area contributed by atoms with E-state index in [0.29, 0.717) is 24.9 Å². The van der Waals surface area contributed by atoms with Crippen molar-refractivity contribution in [2.45, 2.75) is 32.4 Å². The molecule has 2 aromatic heterocycles. The van der Waals surface area contributed by atoms with Crippen molar-refractivity contribution < 1.29 is 13.9 Å². The number of aromatic nitrogens is 2. The topological polar surface area (TPSA) is 69.4 Å². The van der Waals surface area contributed by atoms with Crippen molar-refractivity contribution in [1.82, 2.24) is 9.97 Å². The zero-order valence-corrected chi connectivity index (χ0v) is 13.0. The van der Waals surface area contributed by atoms with Crippen molar-refractivity contribution in [3.05, 3.63) is 41.2 Å². The van der Waals surface area contributed by atoms with Crippen LogP contribution in [0.2, 0.25) is 0 Å². The number of ether oxygens (including phenoxy) is 2. The number of rotatable bonds is 6. The van der Waals surface area contributed by atoms with Gasteiger partial charge in [-0.1, -0.05) is 0 Å². The number of nitrogens with one attached hydrogen (secondary N) is 1. The molecule has 0 spiro atoms. The van der Waals surface area contributed by atoms with Crippen molar-refractivity contribution in [2.24, 2.45) is 0 Å². The van der Waals surface area contributed by atoms with Gasteiger partial charge in [0.1, 0.15) is 23.9 Å². The normalized spacial score (nSPS) is 17.8. The van der Waals surface area contributed by atoms with Gasteiger partial charge in [0.25, 0.3) is 0 Å². The van der Waals surface area contributed by atoms with Crippen LogP contribution in [0.1, 0.15) is 35.4 Å². The molecular formula is C16H21N3O3.